The Kier molecular flexibility index (Phi) is 5.22. The Morgan fingerprint density at radius 1 is 1.19 bits per heavy atom. The summed E-state index contributed by atoms with van der Waals surface area (Å²) in [5.41, 5.74) is 9.86. The topological polar surface area (TPSA) is 43.8 Å². The maximum atomic E-state index is 6.73. The fraction of sp³-hybridized carbons (Fsp3) is 0.471. The summed E-state index contributed by atoms with van der Waals surface area (Å²) in [7, 11) is 0. The Labute approximate surface area is 135 Å². The third-order valence-corrected chi connectivity index (χ3v) is 5.07. The first-order valence-corrected chi connectivity index (χ1v) is 8.43. The van der Waals surface area contributed by atoms with Gasteiger partial charge in [-0.15, -0.1) is 0 Å². The molecule has 1 heterocycles. The molecule has 114 valence electrons. The van der Waals surface area contributed by atoms with Crippen LogP contribution in [0, 0.1) is 0 Å². The molecule has 0 aliphatic carbocycles. The van der Waals surface area contributed by atoms with E-state index in [4.69, 9.17) is 5.73 Å². The number of aryl methyl sites for hydroxylation is 2. The van der Waals surface area contributed by atoms with Gasteiger partial charge in [-0.25, -0.2) is 0 Å². The summed E-state index contributed by atoms with van der Waals surface area (Å²) in [6.07, 6.45) is 2.60. The van der Waals surface area contributed by atoms with Crippen LogP contribution in [0.5, 0.6) is 0 Å². The zero-order valence-corrected chi connectivity index (χ0v) is 14.7. The van der Waals surface area contributed by atoms with E-state index in [1.54, 1.807) is 0 Å². The fourth-order valence-corrected chi connectivity index (χ4v) is 3.39. The van der Waals surface area contributed by atoms with Crippen molar-refractivity contribution in [3.05, 3.63) is 51.8 Å². The van der Waals surface area contributed by atoms with Crippen LogP contribution in [-0.4, -0.2) is 9.78 Å². The first-order valence-electron chi connectivity index (χ1n) is 7.64. The minimum atomic E-state index is -0.359. The van der Waals surface area contributed by atoms with E-state index in [0.29, 0.717) is 0 Å². The second-order valence-corrected chi connectivity index (χ2v) is 6.22. The number of rotatable bonds is 6. The average molecular weight is 350 g/mol. The molecule has 1 aromatic carbocycles. The number of nitrogens with zero attached hydrogens (tertiary/aromatic N) is 2. The van der Waals surface area contributed by atoms with Gasteiger partial charge < -0.3 is 5.73 Å². The van der Waals surface area contributed by atoms with Gasteiger partial charge in [0.15, 0.2) is 0 Å². The summed E-state index contributed by atoms with van der Waals surface area (Å²) in [6, 6.07) is 10.4. The molecule has 0 spiro atoms. The molecule has 2 N–H and O–H groups in total. The van der Waals surface area contributed by atoms with Crippen molar-refractivity contribution in [3.63, 3.8) is 0 Å². The van der Waals surface area contributed by atoms with Gasteiger partial charge in [0, 0.05) is 18.5 Å². The molecule has 1 atom stereocenters. The molecular weight excluding hydrogens is 326 g/mol. The van der Waals surface area contributed by atoms with Crippen LogP contribution in [0.25, 0.3) is 0 Å². The average Bonchev–Trinajstić information content (AvgIpc) is 2.83. The Morgan fingerprint density at radius 2 is 1.86 bits per heavy atom. The molecule has 0 radical (unpaired) electrons. The highest BCUT2D eigenvalue weighted by Gasteiger charge is 2.29. The van der Waals surface area contributed by atoms with Crippen molar-refractivity contribution in [2.24, 2.45) is 5.73 Å². The van der Waals surface area contributed by atoms with Crippen molar-refractivity contribution in [3.8, 4) is 0 Å². The zero-order chi connectivity index (χ0) is 15.5. The lowest BCUT2D eigenvalue weighted by molar-refractivity contribution is 0.407. The van der Waals surface area contributed by atoms with Gasteiger partial charge in [-0.05, 0) is 41.3 Å². The van der Waals surface area contributed by atoms with E-state index in [9.17, 15) is 0 Å². The third-order valence-electron chi connectivity index (χ3n) is 4.16. The molecule has 0 saturated carbocycles. The van der Waals surface area contributed by atoms with Gasteiger partial charge in [0.1, 0.15) is 0 Å². The largest absolute Gasteiger partial charge is 0.321 e. The summed E-state index contributed by atoms with van der Waals surface area (Å²) >= 11 is 3.72. The lowest BCUT2D eigenvalue weighted by Gasteiger charge is -2.29. The van der Waals surface area contributed by atoms with Crippen molar-refractivity contribution in [2.45, 2.75) is 52.1 Å². The van der Waals surface area contributed by atoms with E-state index < -0.39 is 0 Å². The van der Waals surface area contributed by atoms with E-state index in [1.807, 2.05) is 6.07 Å². The van der Waals surface area contributed by atoms with Gasteiger partial charge in [0.2, 0.25) is 0 Å². The summed E-state index contributed by atoms with van der Waals surface area (Å²) in [4.78, 5) is 0. The second-order valence-electron chi connectivity index (χ2n) is 5.43. The maximum absolute atomic E-state index is 6.73. The SMILES string of the molecule is CCc1nn(CC)c(CC(N)(CC)c2ccccc2)c1Br. The number of benzene rings is 1. The molecule has 1 aromatic heterocycles. The first kappa shape index (κ1) is 16.2. The lowest BCUT2D eigenvalue weighted by Crippen LogP contribution is -2.39. The zero-order valence-electron chi connectivity index (χ0n) is 13.1. The van der Waals surface area contributed by atoms with Crippen LogP contribution in [0.15, 0.2) is 34.8 Å². The van der Waals surface area contributed by atoms with E-state index in [1.165, 1.54) is 11.3 Å². The predicted molar refractivity (Wildman–Crippen MR) is 91.3 cm³/mol. The van der Waals surface area contributed by atoms with Crippen LogP contribution < -0.4 is 5.73 Å². The molecular formula is C17H24BrN3. The van der Waals surface area contributed by atoms with Crippen molar-refractivity contribution in [1.29, 1.82) is 0 Å². The molecule has 0 saturated heterocycles. The van der Waals surface area contributed by atoms with Crippen LogP contribution in [0.3, 0.4) is 0 Å². The minimum absolute atomic E-state index is 0.359. The Balaban J connectivity index is 2.41. The summed E-state index contributed by atoms with van der Waals surface area (Å²) < 4.78 is 3.19. The molecule has 0 bridgehead atoms. The van der Waals surface area contributed by atoms with Gasteiger partial charge in [0.25, 0.3) is 0 Å². The second kappa shape index (κ2) is 6.75. The van der Waals surface area contributed by atoms with Gasteiger partial charge in [0.05, 0.1) is 15.9 Å². The highest BCUT2D eigenvalue weighted by Crippen LogP contribution is 2.31. The van der Waals surface area contributed by atoms with Gasteiger partial charge in [-0.3, -0.25) is 4.68 Å². The number of aromatic nitrogens is 2. The quantitative estimate of drug-likeness (QED) is 0.855. The standard InChI is InChI=1S/C17H24BrN3/c1-4-14-16(18)15(21(6-3)20-14)12-17(19,5-2)13-10-8-7-9-11-13/h7-11H,4-6,12,19H2,1-3H3. The molecule has 0 fully saturated rings. The molecule has 21 heavy (non-hydrogen) atoms. The van der Waals surface area contributed by atoms with Crippen LogP contribution in [0.4, 0.5) is 0 Å². The number of hydrogen-bond acceptors (Lipinski definition) is 2. The summed E-state index contributed by atoms with van der Waals surface area (Å²) in [6.45, 7) is 7.26. The number of halogens is 1. The van der Waals surface area contributed by atoms with Gasteiger partial charge >= 0.3 is 0 Å². The van der Waals surface area contributed by atoms with Gasteiger partial charge in [-0.1, -0.05) is 44.2 Å². The highest BCUT2D eigenvalue weighted by molar-refractivity contribution is 9.10. The molecule has 0 amide bonds. The van der Waals surface area contributed by atoms with Crippen molar-refractivity contribution in [1.82, 2.24) is 9.78 Å². The molecule has 3 nitrogen and oxygen atoms in total. The fourth-order valence-electron chi connectivity index (χ4n) is 2.69. The van der Waals surface area contributed by atoms with Crippen LogP contribution in [-0.2, 0) is 24.9 Å². The normalized spacial score (nSPS) is 14.1. The predicted octanol–water partition coefficient (Wildman–Crippen LogP) is 4.03. The minimum Gasteiger partial charge on any atom is -0.321 e. The molecule has 4 heteroatoms. The molecule has 2 aromatic rings. The van der Waals surface area contributed by atoms with Crippen molar-refractivity contribution >= 4 is 15.9 Å². The van der Waals surface area contributed by atoms with E-state index in [2.05, 4.69) is 70.7 Å². The molecule has 2 rings (SSSR count). The number of nitrogens with two attached hydrogens (primary N) is 1. The van der Waals surface area contributed by atoms with Crippen LogP contribution in [0.2, 0.25) is 0 Å². The third kappa shape index (κ3) is 3.22. The molecule has 0 aliphatic rings. The van der Waals surface area contributed by atoms with Crippen molar-refractivity contribution in [2.75, 3.05) is 0 Å². The van der Waals surface area contributed by atoms with Crippen LogP contribution >= 0.6 is 15.9 Å². The lowest BCUT2D eigenvalue weighted by atomic mass is 9.84. The smallest absolute Gasteiger partial charge is 0.0766 e. The molecule has 1 unspecified atom stereocenters. The molecule has 0 aliphatic heterocycles. The van der Waals surface area contributed by atoms with E-state index in [-0.39, 0.29) is 5.54 Å². The van der Waals surface area contributed by atoms with E-state index in [0.717, 1.165) is 36.0 Å². The monoisotopic (exact) mass is 349 g/mol. The Hall–Kier alpha value is -1.13. The summed E-state index contributed by atoms with van der Waals surface area (Å²) in [5, 5.41) is 4.67. The van der Waals surface area contributed by atoms with Crippen LogP contribution in [0.1, 0.15) is 44.1 Å². The van der Waals surface area contributed by atoms with Gasteiger partial charge in [-0.2, -0.15) is 5.10 Å². The van der Waals surface area contributed by atoms with E-state index >= 15 is 0 Å². The van der Waals surface area contributed by atoms with Crippen molar-refractivity contribution < 1.29 is 0 Å². The first-order chi connectivity index (χ1) is 10.1. The highest BCUT2D eigenvalue weighted by atomic mass is 79.9. The Bertz CT molecular complexity index is 592. The maximum Gasteiger partial charge on any atom is 0.0766 e. The Morgan fingerprint density at radius 3 is 2.38 bits per heavy atom. The number of hydrogen-bond donors (Lipinski definition) is 1. The summed E-state index contributed by atoms with van der Waals surface area (Å²) in [5.74, 6) is 0.